The maximum absolute atomic E-state index is 13.2. The number of halogens is 6. The lowest BCUT2D eigenvalue weighted by Crippen LogP contribution is -2.35. The van der Waals surface area contributed by atoms with Crippen molar-refractivity contribution >= 4 is 0 Å². The summed E-state index contributed by atoms with van der Waals surface area (Å²) in [7, 11) is 0. The lowest BCUT2D eigenvalue weighted by atomic mass is 9.84. The summed E-state index contributed by atoms with van der Waals surface area (Å²) in [6.07, 6.45) is -8.20. The third kappa shape index (κ3) is 5.62. The van der Waals surface area contributed by atoms with Gasteiger partial charge in [-0.3, -0.25) is 4.84 Å². The summed E-state index contributed by atoms with van der Waals surface area (Å²) in [5.74, 6) is -0.0582. The van der Waals surface area contributed by atoms with Crippen molar-refractivity contribution in [1.29, 1.82) is 0 Å². The molecule has 0 radical (unpaired) electrons. The summed E-state index contributed by atoms with van der Waals surface area (Å²) in [5.41, 5.74) is -0.736. The summed E-state index contributed by atoms with van der Waals surface area (Å²) < 4.78 is 79.2. The highest BCUT2D eigenvalue weighted by atomic mass is 19.4. The molecule has 0 saturated carbocycles. The third-order valence-corrected chi connectivity index (χ3v) is 5.99. The molecule has 2 nitrogen and oxygen atoms in total. The molecule has 180 valence electrons. The number of alkyl halides is 6. The van der Waals surface area contributed by atoms with E-state index in [0.717, 1.165) is 24.0 Å². The van der Waals surface area contributed by atoms with E-state index in [1.165, 1.54) is 0 Å². The van der Waals surface area contributed by atoms with Gasteiger partial charge in [0.15, 0.2) is 0 Å². The Bertz CT molecular complexity index is 1010. The normalized spacial score (nSPS) is 17.4. The van der Waals surface area contributed by atoms with Gasteiger partial charge in [0.2, 0.25) is 0 Å². The van der Waals surface area contributed by atoms with Gasteiger partial charge in [0, 0.05) is 18.5 Å². The van der Waals surface area contributed by atoms with E-state index in [1.807, 2.05) is 60.7 Å². The summed E-state index contributed by atoms with van der Waals surface area (Å²) in [5, 5.41) is 1.71. The van der Waals surface area contributed by atoms with Crippen LogP contribution in [0.1, 0.15) is 46.6 Å². The molecule has 8 heteroatoms. The Morgan fingerprint density at radius 1 is 0.765 bits per heavy atom. The molecular formula is C26H23F6NO. The molecule has 1 heterocycles. The zero-order valence-corrected chi connectivity index (χ0v) is 18.1. The van der Waals surface area contributed by atoms with E-state index in [4.69, 9.17) is 4.84 Å². The fourth-order valence-corrected chi connectivity index (χ4v) is 4.48. The number of hydrogen-bond acceptors (Lipinski definition) is 2. The molecular weight excluding hydrogens is 456 g/mol. The predicted molar refractivity (Wildman–Crippen MR) is 116 cm³/mol. The highest BCUT2D eigenvalue weighted by Gasteiger charge is 2.38. The van der Waals surface area contributed by atoms with Gasteiger partial charge in [-0.05, 0) is 47.7 Å². The summed E-state index contributed by atoms with van der Waals surface area (Å²) >= 11 is 0. The van der Waals surface area contributed by atoms with Crippen molar-refractivity contribution in [2.24, 2.45) is 0 Å². The highest BCUT2D eigenvalue weighted by molar-refractivity contribution is 5.35. The first-order valence-electron chi connectivity index (χ1n) is 10.9. The van der Waals surface area contributed by atoms with E-state index in [-0.39, 0.29) is 30.2 Å². The Labute approximate surface area is 193 Å². The van der Waals surface area contributed by atoms with Crippen LogP contribution in [0.3, 0.4) is 0 Å². The number of nitrogens with zero attached hydrogens (tertiary/aromatic N) is 1. The van der Waals surface area contributed by atoms with Crippen LogP contribution in [-0.4, -0.2) is 17.6 Å². The minimum atomic E-state index is -4.89. The second kappa shape index (κ2) is 9.80. The minimum Gasteiger partial charge on any atom is -0.294 e. The molecule has 1 atom stereocenters. The van der Waals surface area contributed by atoms with Gasteiger partial charge in [0.1, 0.15) is 0 Å². The summed E-state index contributed by atoms with van der Waals surface area (Å²) in [6.45, 7) is 0.145. The van der Waals surface area contributed by atoms with Crippen LogP contribution in [0.15, 0.2) is 78.9 Å². The van der Waals surface area contributed by atoms with Gasteiger partial charge in [-0.15, -0.1) is 0 Å². The van der Waals surface area contributed by atoms with Crippen LogP contribution in [0.4, 0.5) is 26.3 Å². The molecule has 0 N–H and O–H groups in total. The average molecular weight is 479 g/mol. The summed E-state index contributed by atoms with van der Waals surface area (Å²) in [4.78, 5) is 5.86. The number of hydrogen-bond donors (Lipinski definition) is 0. The Balaban J connectivity index is 1.60. The fraction of sp³-hybridized carbons (Fsp3) is 0.308. The molecule has 0 unspecified atom stereocenters. The van der Waals surface area contributed by atoms with Gasteiger partial charge in [-0.1, -0.05) is 60.7 Å². The van der Waals surface area contributed by atoms with Crippen molar-refractivity contribution in [3.63, 3.8) is 0 Å². The van der Waals surface area contributed by atoms with E-state index >= 15 is 0 Å². The first kappa shape index (κ1) is 24.3. The Morgan fingerprint density at radius 3 is 1.74 bits per heavy atom. The van der Waals surface area contributed by atoms with Crippen LogP contribution in [0.2, 0.25) is 0 Å². The third-order valence-electron chi connectivity index (χ3n) is 5.99. The van der Waals surface area contributed by atoms with Crippen molar-refractivity contribution in [1.82, 2.24) is 5.06 Å². The van der Waals surface area contributed by atoms with Crippen LogP contribution in [0, 0.1) is 0 Å². The SMILES string of the molecule is FC(F)(F)c1cc(CON2CCC[C@H]2C(c2ccccc2)c2ccccc2)cc(C(F)(F)F)c1. The van der Waals surface area contributed by atoms with E-state index in [1.54, 1.807) is 5.06 Å². The van der Waals surface area contributed by atoms with Crippen LogP contribution in [-0.2, 0) is 23.8 Å². The molecule has 4 rings (SSSR count). The van der Waals surface area contributed by atoms with Crippen molar-refractivity contribution < 1.29 is 31.2 Å². The van der Waals surface area contributed by atoms with Crippen LogP contribution < -0.4 is 0 Å². The van der Waals surface area contributed by atoms with Gasteiger partial charge in [0.25, 0.3) is 0 Å². The first-order valence-corrected chi connectivity index (χ1v) is 10.9. The number of hydroxylamine groups is 2. The lowest BCUT2D eigenvalue weighted by molar-refractivity contribution is -0.181. The van der Waals surface area contributed by atoms with E-state index in [2.05, 4.69) is 0 Å². The van der Waals surface area contributed by atoms with Crippen molar-refractivity contribution in [2.45, 2.75) is 43.8 Å². The molecule has 0 bridgehead atoms. The fourth-order valence-electron chi connectivity index (χ4n) is 4.48. The van der Waals surface area contributed by atoms with Gasteiger partial charge < -0.3 is 0 Å². The zero-order chi connectivity index (χ0) is 24.3. The van der Waals surface area contributed by atoms with Crippen LogP contribution in [0.25, 0.3) is 0 Å². The molecule has 1 saturated heterocycles. The molecule has 1 aliphatic heterocycles. The molecule has 1 aliphatic rings. The molecule has 0 aromatic heterocycles. The Hall–Kier alpha value is -2.84. The van der Waals surface area contributed by atoms with Gasteiger partial charge in [0.05, 0.1) is 17.7 Å². The molecule has 34 heavy (non-hydrogen) atoms. The monoisotopic (exact) mass is 479 g/mol. The second-order valence-corrected chi connectivity index (χ2v) is 8.34. The first-order chi connectivity index (χ1) is 16.1. The summed E-state index contributed by atoms with van der Waals surface area (Å²) in [6, 6.07) is 21.1. The largest absolute Gasteiger partial charge is 0.416 e. The molecule has 3 aromatic carbocycles. The van der Waals surface area contributed by atoms with Crippen LogP contribution in [0.5, 0.6) is 0 Å². The van der Waals surface area contributed by atoms with E-state index < -0.39 is 23.5 Å². The predicted octanol–water partition coefficient (Wildman–Crippen LogP) is 7.45. The maximum Gasteiger partial charge on any atom is 0.416 e. The maximum atomic E-state index is 13.2. The van der Waals surface area contributed by atoms with Crippen molar-refractivity contribution in [3.05, 3.63) is 107 Å². The topological polar surface area (TPSA) is 12.5 Å². The zero-order valence-electron chi connectivity index (χ0n) is 18.1. The Kier molecular flexibility index (Phi) is 7.00. The van der Waals surface area contributed by atoms with E-state index in [9.17, 15) is 26.3 Å². The average Bonchev–Trinajstić information content (AvgIpc) is 3.26. The van der Waals surface area contributed by atoms with Gasteiger partial charge >= 0.3 is 12.4 Å². The molecule has 0 amide bonds. The van der Waals surface area contributed by atoms with Crippen LogP contribution >= 0.6 is 0 Å². The molecule has 0 aliphatic carbocycles. The second-order valence-electron chi connectivity index (χ2n) is 8.34. The quantitative estimate of drug-likeness (QED) is 0.341. The van der Waals surface area contributed by atoms with Crippen molar-refractivity contribution in [2.75, 3.05) is 6.54 Å². The smallest absolute Gasteiger partial charge is 0.294 e. The molecule has 0 spiro atoms. The van der Waals surface area contributed by atoms with Gasteiger partial charge in [-0.2, -0.15) is 31.4 Å². The number of rotatable bonds is 6. The molecule has 3 aromatic rings. The van der Waals surface area contributed by atoms with E-state index in [0.29, 0.717) is 18.7 Å². The lowest BCUT2D eigenvalue weighted by Gasteiger charge is -2.32. The minimum absolute atomic E-state index is 0.0582. The molecule has 1 fully saturated rings. The Morgan fingerprint density at radius 2 is 1.26 bits per heavy atom. The van der Waals surface area contributed by atoms with Crippen molar-refractivity contribution in [3.8, 4) is 0 Å². The number of benzene rings is 3. The standard InChI is InChI=1S/C26H23F6NO/c27-25(28,29)21-14-18(15-22(16-21)26(30,31)32)17-34-33-13-7-12-23(33)24(19-8-3-1-4-9-19)20-10-5-2-6-11-20/h1-6,8-11,14-16,23-24H,7,12-13,17H2/t23-/m0/s1. The van der Waals surface area contributed by atoms with Gasteiger partial charge in [-0.25, -0.2) is 0 Å². The highest BCUT2D eigenvalue weighted by Crippen LogP contribution is 2.38.